The highest BCUT2D eigenvalue weighted by Crippen LogP contribution is 2.26. The smallest absolute Gasteiger partial charge is 0.0254 e. The highest BCUT2D eigenvalue weighted by Gasteiger charge is 2.22. The summed E-state index contributed by atoms with van der Waals surface area (Å²) in [6, 6.07) is 0.916. The maximum atomic E-state index is 2.63. The molecule has 12 heavy (non-hydrogen) atoms. The average Bonchev–Trinajstić information content (AvgIpc) is 2.21. The van der Waals surface area contributed by atoms with E-state index in [9.17, 15) is 0 Å². The average molecular weight is 166 g/mol. The molecule has 2 fully saturated rings. The van der Waals surface area contributed by atoms with E-state index >= 15 is 0 Å². The van der Waals surface area contributed by atoms with Crippen LogP contribution in [0.5, 0.6) is 0 Å². The highest BCUT2D eigenvalue weighted by molar-refractivity contribution is 4.83. The van der Waals surface area contributed by atoms with Gasteiger partial charge in [0, 0.05) is 12.6 Å². The third kappa shape index (κ3) is 2.01. The molecular formula is C11H20N. The van der Waals surface area contributed by atoms with Crippen LogP contribution in [0.4, 0.5) is 0 Å². The number of likely N-dealkylation sites (tertiary alicyclic amines) is 1. The second-order valence-corrected chi connectivity index (χ2v) is 4.21. The standard InChI is InChI=1S/C11H20N/c1-3-7-11(8-4-1)12-9-5-2-6-10-12/h9,11H,1-8,10H2. The number of rotatable bonds is 1. The number of hydrogen-bond donors (Lipinski definition) is 0. The maximum Gasteiger partial charge on any atom is 0.0254 e. The van der Waals surface area contributed by atoms with Crippen LogP contribution in [0.2, 0.25) is 0 Å². The number of nitrogens with zero attached hydrogens (tertiary/aromatic N) is 1. The zero-order chi connectivity index (χ0) is 8.23. The SMILES string of the molecule is [CH]1CCCCN1C1CCCCC1. The van der Waals surface area contributed by atoms with Crippen molar-refractivity contribution in [1.29, 1.82) is 0 Å². The molecule has 1 saturated heterocycles. The van der Waals surface area contributed by atoms with Crippen LogP contribution >= 0.6 is 0 Å². The van der Waals surface area contributed by atoms with Crippen molar-refractivity contribution < 1.29 is 0 Å². The van der Waals surface area contributed by atoms with E-state index < -0.39 is 0 Å². The predicted molar refractivity (Wildman–Crippen MR) is 51.7 cm³/mol. The van der Waals surface area contributed by atoms with Crippen LogP contribution < -0.4 is 0 Å². The van der Waals surface area contributed by atoms with E-state index in [-0.39, 0.29) is 0 Å². The Morgan fingerprint density at radius 3 is 2.42 bits per heavy atom. The summed E-state index contributed by atoms with van der Waals surface area (Å²) in [5.41, 5.74) is 0. The van der Waals surface area contributed by atoms with E-state index in [1.165, 1.54) is 57.9 Å². The van der Waals surface area contributed by atoms with E-state index in [2.05, 4.69) is 11.4 Å². The lowest BCUT2D eigenvalue weighted by atomic mass is 9.93. The molecule has 0 unspecified atom stereocenters. The van der Waals surface area contributed by atoms with Crippen molar-refractivity contribution in [3.05, 3.63) is 6.54 Å². The van der Waals surface area contributed by atoms with Gasteiger partial charge in [0.2, 0.25) is 0 Å². The summed E-state index contributed by atoms with van der Waals surface area (Å²) < 4.78 is 0. The number of piperidine rings is 1. The minimum absolute atomic E-state index is 0.916. The molecule has 1 heteroatoms. The van der Waals surface area contributed by atoms with Crippen LogP contribution in [0, 0.1) is 6.54 Å². The Hall–Kier alpha value is -0.0400. The van der Waals surface area contributed by atoms with Gasteiger partial charge in [0.25, 0.3) is 0 Å². The topological polar surface area (TPSA) is 3.24 Å². The Labute approximate surface area is 76.1 Å². The Morgan fingerprint density at radius 2 is 1.75 bits per heavy atom. The normalized spacial score (nSPS) is 29.0. The summed E-state index contributed by atoms with van der Waals surface area (Å²) in [6.07, 6.45) is 11.5. The third-order valence-corrected chi connectivity index (χ3v) is 3.28. The van der Waals surface area contributed by atoms with Gasteiger partial charge in [-0.25, -0.2) is 0 Å². The van der Waals surface area contributed by atoms with Gasteiger partial charge in [-0.1, -0.05) is 25.7 Å². The summed E-state index contributed by atoms with van der Waals surface area (Å²) in [7, 11) is 0. The molecule has 1 saturated carbocycles. The third-order valence-electron chi connectivity index (χ3n) is 3.28. The van der Waals surface area contributed by atoms with Gasteiger partial charge in [0.1, 0.15) is 0 Å². The zero-order valence-electron chi connectivity index (χ0n) is 7.97. The van der Waals surface area contributed by atoms with E-state index in [4.69, 9.17) is 0 Å². The van der Waals surface area contributed by atoms with Gasteiger partial charge in [-0.05, 0) is 32.2 Å². The minimum atomic E-state index is 0.916. The summed E-state index contributed by atoms with van der Waals surface area (Å²) >= 11 is 0. The van der Waals surface area contributed by atoms with Crippen molar-refractivity contribution in [3.63, 3.8) is 0 Å². The summed E-state index contributed by atoms with van der Waals surface area (Å²) in [5.74, 6) is 0. The van der Waals surface area contributed by atoms with Gasteiger partial charge in [0.15, 0.2) is 0 Å². The highest BCUT2D eigenvalue weighted by atomic mass is 15.2. The van der Waals surface area contributed by atoms with Crippen molar-refractivity contribution in [2.75, 3.05) is 6.54 Å². The largest absolute Gasteiger partial charge is 0.296 e. The van der Waals surface area contributed by atoms with E-state index in [1.807, 2.05) is 0 Å². The van der Waals surface area contributed by atoms with Crippen molar-refractivity contribution in [2.45, 2.75) is 57.4 Å². The Morgan fingerprint density at radius 1 is 0.917 bits per heavy atom. The molecule has 1 aliphatic heterocycles. The van der Waals surface area contributed by atoms with Crippen molar-refractivity contribution >= 4 is 0 Å². The molecule has 0 bridgehead atoms. The zero-order valence-corrected chi connectivity index (χ0v) is 7.97. The molecule has 0 amide bonds. The van der Waals surface area contributed by atoms with Crippen molar-refractivity contribution in [3.8, 4) is 0 Å². The van der Waals surface area contributed by atoms with Gasteiger partial charge in [-0.3, -0.25) is 4.90 Å². The minimum Gasteiger partial charge on any atom is -0.296 e. The molecule has 0 N–H and O–H groups in total. The van der Waals surface area contributed by atoms with E-state index in [0.717, 1.165) is 6.04 Å². The van der Waals surface area contributed by atoms with Crippen LogP contribution in [-0.2, 0) is 0 Å². The summed E-state index contributed by atoms with van der Waals surface area (Å²) in [5, 5.41) is 0. The van der Waals surface area contributed by atoms with Gasteiger partial charge in [0.05, 0.1) is 0 Å². The molecule has 0 aromatic carbocycles. The fourth-order valence-electron chi connectivity index (χ4n) is 2.53. The van der Waals surface area contributed by atoms with Crippen LogP contribution in [0.1, 0.15) is 51.4 Å². The van der Waals surface area contributed by atoms with Crippen LogP contribution in [0.3, 0.4) is 0 Å². The molecule has 0 aromatic heterocycles. The molecule has 0 spiro atoms. The first-order chi connectivity index (χ1) is 5.97. The van der Waals surface area contributed by atoms with Crippen LogP contribution in [0.25, 0.3) is 0 Å². The Bertz CT molecular complexity index is 105. The van der Waals surface area contributed by atoms with Gasteiger partial charge in [-0.2, -0.15) is 0 Å². The summed E-state index contributed by atoms with van der Waals surface area (Å²) in [4.78, 5) is 2.63. The molecule has 1 aliphatic carbocycles. The fourth-order valence-corrected chi connectivity index (χ4v) is 2.53. The molecule has 1 heterocycles. The van der Waals surface area contributed by atoms with Crippen molar-refractivity contribution in [2.24, 2.45) is 0 Å². The van der Waals surface area contributed by atoms with Crippen LogP contribution in [-0.4, -0.2) is 17.5 Å². The molecule has 0 aromatic rings. The second kappa shape index (κ2) is 4.27. The first-order valence-corrected chi connectivity index (χ1v) is 5.56. The van der Waals surface area contributed by atoms with Gasteiger partial charge < -0.3 is 0 Å². The lowest BCUT2D eigenvalue weighted by Crippen LogP contribution is -2.37. The number of hydrogen-bond acceptors (Lipinski definition) is 1. The molecular weight excluding hydrogens is 146 g/mol. The molecule has 1 nitrogen and oxygen atoms in total. The molecule has 69 valence electrons. The first-order valence-electron chi connectivity index (χ1n) is 5.56. The quantitative estimate of drug-likeness (QED) is 0.579. The lowest BCUT2D eigenvalue weighted by Gasteiger charge is -2.36. The Balaban J connectivity index is 1.80. The summed E-state index contributed by atoms with van der Waals surface area (Å²) in [6.45, 7) is 3.80. The maximum absolute atomic E-state index is 2.63. The van der Waals surface area contributed by atoms with Gasteiger partial charge in [-0.15, -0.1) is 0 Å². The van der Waals surface area contributed by atoms with Crippen molar-refractivity contribution in [1.82, 2.24) is 4.90 Å². The van der Waals surface area contributed by atoms with E-state index in [1.54, 1.807) is 0 Å². The van der Waals surface area contributed by atoms with Gasteiger partial charge >= 0.3 is 0 Å². The first kappa shape index (κ1) is 8.55. The van der Waals surface area contributed by atoms with Crippen LogP contribution in [0.15, 0.2) is 0 Å². The Kier molecular flexibility index (Phi) is 3.04. The molecule has 2 aliphatic rings. The molecule has 2 rings (SSSR count). The molecule has 0 atom stereocenters. The molecule has 1 radical (unpaired) electrons. The lowest BCUT2D eigenvalue weighted by molar-refractivity contribution is 0.167. The second-order valence-electron chi connectivity index (χ2n) is 4.21. The fraction of sp³-hybridized carbons (Fsp3) is 0.909. The predicted octanol–water partition coefficient (Wildman–Crippen LogP) is 2.97. The monoisotopic (exact) mass is 166 g/mol. The van der Waals surface area contributed by atoms with E-state index in [0.29, 0.717) is 0 Å².